The van der Waals surface area contributed by atoms with E-state index in [-0.39, 0.29) is 6.04 Å². The zero-order valence-corrected chi connectivity index (χ0v) is 10.2. The molecule has 0 aliphatic rings. The fourth-order valence-electron chi connectivity index (χ4n) is 1.39. The van der Waals surface area contributed by atoms with Gasteiger partial charge in [-0.1, -0.05) is 0 Å². The Bertz CT molecular complexity index is 396. The summed E-state index contributed by atoms with van der Waals surface area (Å²) in [6.45, 7) is 2.43. The van der Waals surface area contributed by atoms with Gasteiger partial charge in [-0.05, 0) is 13.0 Å². The van der Waals surface area contributed by atoms with E-state index in [4.69, 9.17) is 10.5 Å². The molecule has 94 valence electrons. The molecule has 0 fully saturated rings. The van der Waals surface area contributed by atoms with Crippen molar-refractivity contribution in [1.29, 1.82) is 0 Å². The minimum absolute atomic E-state index is 0.0273. The zero-order chi connectivity index (χ0) is 12.8. The molecule has 1 heterocycles. The maximum absolute atomic E-state index is 11.5. The number of pyridine rings is 1. The van der Waals surface area contributed by atoms with Crippen LogP contribution in [-0.4, -0.2) is 37.8 Å². The molecule has 1 atom stereocenters. The Balaban J connectivity index is 2.94. The van der Waals surface area contributed by atoms with Gasteiger partial charge >= 0.3 is 5.97 Å². The Morgan fingerprint density at radius 1 is 1.59 bits per heavy atom. The lowest BCUT2D eigenvalue weighted by Gasteiger charge is -2.15. The summed E-state index contributed by atoms with van der Waals surface area (Å²) in [5, 5.41) is 3.06. The summed E-state index contributed by atoms with van der Waals surface area (Å²) in [5.74, 6) is -0.0347. The quantitative estimate of drug-likeness (QED) is 0.742. The van der Waals surface area contributed by atoms with Crippen molar-refractivity contribution in [3.05, 3.63) is 17.8 Å². The van der Waals surface area contributed by atoms with E-state index < -0.39 is 5.97 Å². The number of anilines is 2. The summed E-state index contributed by atoms with van der Waals surface area (Å²) in [7, 11) is 2.92. The summed E-state index contributed by atoms with van der Waals surface area (Å²) in [5.41, 5.74) is 6.31. The van der Waals surface area contributed by atoms with Crippen LogP contribution in [0.15, 0.2) is 12.3 Å². The minimum Gasteiger partial charge on any atom is -0.465 e. The average molecular weight is 239 g/mol. The van der Waals surface area contributed by atoms with E-state index >= 15 is 0 Å². The number of nitrogens with zero attached hydrogens (tertiary/aromatic N) is 1. The van der Waals surface area contributed by atoms with Gasteiger partial charge in [-0.15, -0.1) is 0 Å². The number of carbonyl (C=O) groups is 1. The van der Waals surface area contributed by atoms with Crippen LogP contribution in [0.25, 0.3) is 0 Å². The highest BCUT2D eigenvalue weighted by Gasteiger charge is 2.15. The molecular formula is C11H17N3O3. The normalized spacial score (nSPS) is 11.9. The van der Waals surface area contributed by atoms with Crippen LogP contribution in [-0.2, 0) is 9.47 Å². The molecular weight excluding hydrogens is 222 g/mol. The number of rotatable bonds is 5. The van der Waals surface area contributed by atoms with Crippen molar-refractivity contribution in [2.75, 3.05) is 31.9 Å². The molecule has 3 N–H and O–H groups in total. The molecule has 1 unspecified atom stereocenters. The molecule has 0 radical (unpaired) electrons. The van der Waals surface area contributed by atoms with Gasteiger partial charge in [0.25, 0.3) is 0 Å². The molecule has 0 saturated heterocycles. The lowest BCUT2D eigenvalue weighted by Crippen LogP contribution is -2.23. The summed E-state index contributed by atoms with van der Waals surface area (Å²) in [6.07, 6.45) is 1.48. The highest BCUT2D eigenvalue weighted by atomic mass is 16.5. The molecule has 0 aromatic carbocycles. The smallest absolute Gasteiger partial charge is 0.341 e. The van der Waals surface area contributed by atoms with E-state index in [1.807, 2.05) is 6.92 Å². The van der Waals surface area contributed by atoms with E-state index in [2.05, 4.69) is 15.0 Å². The number of aromatic nitrogens is 1. The lowest BCUT2D eigenvalue weighted by atomic mass is 10.2. The number of nitrogens with two attached hydrogens (primary N) is 1. The van der Waals surface area contributed by atoms with Crippen LogP contribution in [0.1, 0.15) is 17.3 Å². The molecule has 1 aromatic heterocycles. The Kier molecular flexibility index (Phi) is 4.71. The number of hydrogen-bond acceptors (Lipinski definition) is 6. The maximum Gasteiger partial charge on any atom is 0.341 e. The Morgan fingerprint density at radius 2 is 2.29 bits per heavy atom. The van der Waals surface area contributed by atoms with E-state index in [0.717, 1.165) is 0 Å². The predicted octanol–water partition coefficient (Wildman–Crippen LogP) is 0.897. The first-order valence-corrected chi connectivity index (χ1v) is 5.17. The molecule has 6 nitrogen and oxygen atoms in total. The second-order valence-electron chi connectivity index (χ2n) is 3.66. The molecule has 0 aliphatic heterocycles. The first-order chi connectivity index (χ1) is 8.08. The van der Waals surface area contributed by atoms with Gasteiger partial charge in [-0.3, -0.25) is 0 Å². The molecule has 1 rings (SSSR count). The van der Waals surface area contributed by atoms with Gasteiger partial charge in [0.2, 0.25) is 0 Å². The number of ether oxygens (including phenoxy) is 2. The monoisotopic (exact) mass is 239 g/mol. The second-order valence-corrected chi connectivity index (χ2v) is 3.66. The largest absolute Gasteiger partial charge is 0.465 e. The van der Waals surface area contributed by atoms with Crippen LogP contribution in [0.4, 0.5) is 11.5 Å². The number of nitrogens with one attached hydrogen (secondary N) is 1. The second kappa shape index (κ2) is 6.05. The Labute approximate surface area is 100 Å². The van der Waals surface area contributed by atoms with Gasteiger partial charge in [0, 0.05) is 13.2 Å². The van der Waals surface area contributed by atoms with Gasteiger partial charge in [-0.25, -0.2) is 9.78 Å². The highest BCUT2D eigenvalue weighted by molar-refractivity contribution is 5.95. The topological polar surface area (TPSA) is 86.5 Å². The first kappa shape index (κ1) is 13.2. The zero-order valence-electron chi connectivity index (χ0n) is 10.2. The number of hydrogen-bond donors (Lipinski definition) is 2. The minimum atomic E-state index is -0.475. The van der Waals surface area contributed by atoms with Crippen molar-refractivity contribution in [3.8, 4) is 0 Å². The summed E-state index contributed by atoms with van der Waals surface area (Å²) in [4.78, 5) is 15.6. The van der Waals surface area contributed by atoms with E-state index in [9.17, 15) is 4.79 Å². The highest BCUT2D eigenvalue weighted by Crippen LogP contribution is 2.17. The SMILES string of the molecule is COCC(C)Nc1ncc(N)cc1C(=O)OC. The molecule has 6 heteroatoms. The number of nitrogen functional groups attached to an aromatic ring is 1. The summed E-state index contributed by atoms with van der Waals surface area (Å²) < 4.78 is 9.66. The van der Waals surface area contributed by atoms with Crippen LogP contribution in [0.5, 0.6) is 0 Å². The van der Waals surface area contributed by atoms with Crippen molar-refractivity contribution in [2.45, 2.75) is 13.0 Å². The van der Waals surface area contributed by atoms with Crippen molar-refractivity contribution in [1.82, 2.24) is 4.98 Å². The molecule has 0 saturated carbocycles. The van der Waals surface area contributed by atoms with Crippen LogP contribution in [0.2, 0.25) is 0 Å². The fraction of sp³-hybridized carbons (Fsp3) is 0.455. The fourth-order valence-corrected chi connectivity index (χ4v) is 1.39. The van der Waals surface area contributed by atoms with Crippen molar-refractivity contribution < 1.29 is 14.3 Å². The molecule has 0 amide bonds. The number of methoxy groups -OCH3 is 2. The van der Waals surface area contributed by atoms with Crippen LogP contribution >= 0.6 is 0 Å². The third-order valence-corrected chi connectivity index (χ3v) is 2.11. The van der Waals surface area contributed by atoms with Gasteiger partial charge in [0.15, 0.2) is 0 Å². The molecule has 0 aliphatic carbocycles. The van der Waals surface area contributed by atoms with E-state index in [1.165, 1.54) is 19.4 Å². The first-order valence-electron chi connectivity index (χ1n) is 5.17. The third-order valence-electron chi connectivity index (χ3n) is 2.11. The number of carbonyl (C=O) groups excluding carboxylic acids is 1. The van der Waals surface area contributed by atoms with Gasteiger partial charge in [0.05, 0.1) is 25.6 Å². The van der Waals surface area contributed by atoms with E-state index in [1.54, 1.807) is 7.11 Å². The molecule has 0 spiro atoms. The van der Waals surface area contributed by atoms with Crippen molar-refractivity contribution >= 4 is 17.5 Å². The average Bonchev–Trinajstić information content (AvgIpc) is 2.30. The van der Waals surface area contributed by atoms with Gasteiger partial charge < -0.3 is 20.5 Å². The molecule has 0 bridgehead atoms. The van der Waals surface area contributed by atoms with Crippen molar-refractivity contribution in [2.24, 2.45) is 0 Å². The van der Waals surface area contributed by atoms with E-state index in [0.29, 0.717) is 23.7 Å². The summed E-state index contributed by atoms with van der Waals surface area (Å²) in [6, 6.07) is 1.56. The number of esters is 1. The van der Waals surface area contributed by atoms with Crippen LogP contribution in [0.3, 0.4) is 0 Å². The third kappa shape index (κ3) is 3.60. The Morgan fingerprint density at radius 3 is 2.88 bits per heavy atom. The lowest BCUT2D eigenvalue weighted by molar-refractivity contribution is 0.0601. The molecule has 17 heavy (non-hydrogen) atoms. The molecule has 1 aromatic rings. The van der Waals surface area contributed by atoms with Crippen LogP contribution in [0, 0.1) is 0 Å². The summed E-state index contributed by atoms with van der Waals surface area (Å²) >= 11 is 0. The standard InChI is InChI=1S/C11H17N3O3/c1-7(6-16-2)14-10-9(11(15)17-3)4-8(12)5-13-10/h4-5,7H,6,12H2,1-3H3,(H,13,14). The van der Waals surface area contributed by atoms with Crippen molar-refractivity contribution in [3.63, 3.8) is 0 Å². The van der Waals surface area contributed by atoms with Gasteiger partial charge in [-0.2, -0.15) is 0 Å². The maximum atomic E-state index is 11.5. The van der Waals surface area contributed by atoms with Crippen LogP contribution < -0.4 is 11.1 Å². The predicted molar refractivity (Wildman–Crippen MR) is 64.9 cm³/mol. The Hall–Kier alpha value is -1.82. The van der Waals surface area contributed by atoms with Gasteiger partial charge in [0.1, 0.15) is 11.4 Å².